The van der Waals surface area contributed by atoms with E-state index in [0.29, 0.717) is 0 Å². The molecular formula is C10H12O. The molecule has 0 spiro atoms. The van der Waals surface area contributed by atoms with Crippen LogP contribution in [0.3, 0.4) is 0 Å². The lowest BCUT2D eigenvalue weighted by molar-refractivity contribution is 0.297. The van der Waals surface area contributed by atoms with Gasteiger partial charge in [0.15, 0.2) is 0 Å². The fraction of sp³-hybridized carbons (Fsp3) is 0.200. The zero-order valence-corrected chi connectivity index (χ0v) is 6.87. The number of allylic oxidation sites excluding steroid dienone is 1. The van der Waals surface area contributed by atoms with Gasteiger partial charge in [0, 0.05) is 0 Å². The Kier molecular flexibility index (Phi) is 2.73. The van der Waals surface area contributed by atoms with Gasteiger partial charge in [-0.3, -0.25) is 0 Å². The third kappa shape index (κ3) is 2.46. The first-order valence-electron chi connectivity index (χ1n) is 3.60. The minimum absolute atomic E-state index is 0.927. The number of hydrogen-bond acceptors (Lipinski definition) is 1. The van der Waals surface area contributed by atoms with Gasteiger partial charge in [0.1, 0.15) is 0 Å². The molecule has 0 aliphatic heterocycles. The van der Waals surface area contributed by atoms with Gasteiger partial charge in [-0.1, -0.05) is 30.3 Å². The summed E-state index contributed by atoms with van der Waals surface area (Å²) in [5.41, 5.74) is 1.17. The molecule has 0 radical (unpaired) electrons. The molecule has 11 heavy (non-hydrogen) atoms. The Balaban J connectivity index is 2.79. The average molecular weight is 148 g/mol. The summed E-state index contributed by atoms with van der Waals surface area (Å²) < 4.78 is 5.02. The van der Waals surface area contributed by atoms with Crippen molar-refractivity contribution in [2.24, 2.45) is 0 Å². The Morgan fingerprint density at radius 3 is 2.45 bits per heavy atom. The second-order valence-corrected chi connectivity index (χ2v) is 2.37. The molecule has 0 atom stereocenters. The molecule has 0 bridgehead atoms. The van der Waals surface area contributed by atoms with Crippen molar-refractivity contribution in [2.45, 2.75) is 6.92 Å². The maximum absolute atomic E-state index is 5.02. The number of benzene rings is 1. The summed E-state index contributed by atoms with van der Waals surface area (Å²) in [6, 6.07) is 10.1. The molecule has 1 aromatic rings. The van der Waals surface area contributed by atoms with Gasteiger partial charge in [-0.15, -0.1) is 0 Å². The van der Waals surface area contributed by atoms with Crippen molar-refractivity contribution < 1.29 is 4.74 Å². The number of rotatable bonds is 2. The van der Waals surface area contributed by atoms with Crippen molar-refractivity contribution in [3.8, 4) is 0 Å². The van der Waals surface area contributed by atoms with E-state index in [0.717, 1.165) is 5.76 Å². The fourth-order valence-electron chi connectivity index (χ4n) is 0.843. The zero-order valence-electron chi connectivity index (χ0n) is 6.87. The van der Waals surface area contributed by atoms with Crippen LogP contribution in [0.4, 0.5) is 0 Å². The van der Waals surface area contributed by atoms with Crippen LogP contribution in [-0.2, 0) is 4.74 Å². The zero-order chi connectivity index (χ0) is 8.10. The molecule has 0 saturated carbocycles. The summed E-state index contributed by atoms with van der Waals surface area (Å²) in [5.74, 6) is 0.927. The monoisotopic (exact) mass is 148 g/mol. The summed E-state index contributed by atoms with van der Waals surface area (Å²) in [6.07, 6.45) is 2.00. The predicted molar refractivity (Wildman–Crippen MR) is 47.1 cm³/mol. The number of ether oxygens (including phenoxy) is 1. The molecule has 0 fully saturated rings. The first-order chi connectivity index (χ1) is 5.33. The van der Waals surface area contributed by atoms with E-state index in [1.807, 2.05) is 43.3 Å². The van der Waals surface area contributed by atoms with E-state index in [4.69, 9.17) is 4.74 Å². The van der Waals surface area contributed by atoms with Gasteiger partial charge >= 0.3 is 0 Å². The van der Waals surface area contributed by atoms with E-state index in [2.05, 4.69) is 0 Å². The summed E-state index contributed by atoms with van der Waals surface area (Å²) >= 11 is 0. The molecule has 1 heteroatoms. The molecule has 0 aliphatic carbocycles. The molecule has 0 N–H and O–H groups in total. The fourth-order valence-corrected chi connectivity index (χ4v) is 0.843. The molecule has 1 nitrogen and oxygen atoms in total. The summed E-state index contributed by atoms with van der Waals surface area (Å²) in [7, 11) is 1.68. The molecule has 58 valence electrons. The van der Waals surface area contributed by atoms with Gasteiger partial charge in [0.05, 0.1) is 12.9 Å². The van der Waals surface area contributed by atoms with Crippen molar-refractivity contribution in [3.63, 3.8) is 0 Å². The van der Waals surface area contributed by atoms with Crippen LogP contribution in [0.5, 0.6) is 0 Å². The molecule has 0 saturated heterocycles. The van der Waals surface area contributed by atoms with Crippen LogP contribution in [0.25, 0.3) is 6.08 Å². The van der Waals surface area contributed by atoms with Gasteiger partial charge < -0.3 is 4.74 Å². The highest BCUT2D eigenvalue weighted by Gasteiger charge is 1.86. The first-order valence-corrected chi connectivity index (χ1v) is 3.60. The molecular weight excluding hydrogens is 136 g/mol. The molecule has 1 rings (SSSR count). The smallest absolute Gasteiger partial charge is 0.0930 e. The van der Waals surface area contributed by atoms with Crippen molar-refractivity contribution in [1.82, 2.24) is 0 Å². The van der Waals surface area contributed by atoms with Gasteiger partial charge in [0.25, 0.3) is 0 Å². The molecule has 0 unspecified atom stereocenters. The standard InChI is InChI=1S/C10H12O/c1-9(11-2)8-10-6-4-3-5-7-10/h3-8H,1-2H3. The highest BCUT2D eigenvalue weighted by Crippen LogP contribution is 2.05. The van der Waals surface area contributed by atoms with Gasteiger partial charge in [0.2, 0.25) is 0 Å². The quantitative estimate of drug-likeness (QED) is 0.586. The van der Waals surface area contributed by atoms with Crippen LogP contribution in [-0.4, -0.2) is 7.11 Å². The van der Waals surface area contributed by atoms with E-state index < -0.39 is 0 Å². The minimum atomic E-state index is 0.927. The second kappa shape index (κ2) is 3.81. The maximum atomic E-state index is 5.02. The predicted octanol–water partition coefficient (Wildman–Crippen LogP) is 2.69. The lowest BCUT2D eigenvalue weighted by Gasteiger charge is -1.97. The van der Waals surface area contributed by atoms with E-state index in [1.165, 1.54) is 5.56 Å². The van der Waals surface area contributed by atoms with Crippen molar-refractivity contribution in [3.05, 3.63) is 41.7 Å². The number of hydrogen-bond donors (Lipinski definition) is 0. The SMILES string of the molecule is COC(C)=Cc1ccccc1. The third-order valence-electron chi connectivity index (χ3n) is 1.49. The summed E-state index contributed by atoms with van der Waals surface area (Å²) in [5, 5.41) is 0. The molecule has 0 amide bonds. The average Bonchev–Trinajstić information content (AvgIpc) is 2.06. The van der Waals surface area contributed by atoms with Crippen molar-refractivity contribution in [1.29, 1.82) is 0 Å². The molecule has 0 aromatic heterocycles. The van der Waals surface area contributed by atoms with Crippen LogP contribution in [0.2, 0.25) is 0 Å². The topological polar surface area (TPSA) is 9.23 Å². The first kappa shape index (κ1) is 7.86. The Hall–Kier alpha value is -1.24. The normalized spacial score (nSPS) is 11.3. The van der Waals surface area contributed by atoms with Crippen LogP contribution in [0.15, 0.2) is 36.1 Å². The van der Waals surface area contributed by atoms with Gasteiger partial charge in [-0.2, -0.15) is 0 Å². The molecule has 0 aliphatic rings. The number of methoxy groups -OCH3 is 1. The Morgan fingerprint density at radius 2 is 1.91 bits per heavy atom. The minimum Gasteiger partial charge on any atom is -0.501 e. The maximum Gasteiger partial charge on any atom is 0.0930 e. The molecule has 1 aromatic carbocycles. The Bertz CT molecular complexity index is 236. The van der Waals surface area contributed by atoms with E-state index >= 15 is 0 Å². The second-order valence-electron chi connectivity index (χ2n) is 2.37. The largest absolute Gasteiger partial charge is 0.501 e. The highest BCUT2D eigenvalue weighted by molar-refractivity contribution is 5.50. The summed E-state index contributed by atoms with van der Waals surface area (Å²) in [4.78, 5) is 0. The summed E-state index contributed by atoms with van der Waals surface area (Å²) in [6.45, 7) is 1.94. The van der Waals surface area contributed by atoms with Crippen molar-refractivity contribution >= 4 is 6.08 Å². The van der Waals surface area contributed by atoms with Crippen LogP contribution in [0.1, 0.15) is 12.5 Å². The van der Waals surface area contributed by atoms with E-state index in [-0.39, 0.29) is 0 Å². The Morgan fingerprint density at radius 1 is 1.27 bits per heavy atom. The van der Waals surface area contributed by atoms with E-state index in [9.17, 15) is 0 Å². The van der Waals surface area contributed by atoms with Crippen LogP contribution < -0.4 is 0 Å². The van der Waals surface area contributed by atoms with Crippen molar-refractivity contribution in [2.75, 3.05) is 7.11 Å². The Labute approximate surface area is 67.3 Å². The third-order valence-corrected chi connectivity index (χ3v) is 1.49. The van der Waals surface area contributed by atoms with Crippen LogP contribution >= 0.6 is 0 Å². The van der Waals surface area contributed by atoms with E-state index in [1.54, 1.807) is 7.11 Å². The van der Waals surface area contributed by atoms with Crippen LogP contribution in [0, 0.1) is 0 Å². The molecule has 0 heterocycles. The highest BCUT2D eigenvalue weighted by atomic mass is 16.5. The lowest BCUT2D eigenvalue weighted by atomic mass is 10.2. The lowest BCUT2D eigenvalue weighted by Crippen LogP contribution is -1.78. The van der Waals surface area contributed by atoms with Gasteiger partial charge in [-0.25, -0.2) is 0 Å². The van der Waals surface area contributed by atoms with Gasteiger partial charge in [-0.05, 0) is 18.6 Å².